The lowest BCUT2D eigenvalue weighted by molar-refractivity contribution is -0.167. The summed E-state index contributed by atoms with van der Waals surface area (Å²) in [6, 6.07) is 11.9. The van der Waals surface area contributed by atoms with Gasteiger partial charge in [0.25, 0.3) is 11.8 Å². The molecule has 2 amide bonds. The van der Waals surface area contributed by atoms with Crippen molar-refractivity contribution >= 4 is 28.7 Å². The highest BCUT2D eigenvalue weighted by molar-refractivity contribution is 6.20. The SMILES string of the molecule is CCOc1cccc2[nH]cc(CC(=O)ON3C(=O)c4ccccc4C3=O)c12. The van der Waals surface area contributed by atoms with Crippen molar-refractivity contribution in [2.24, 2.45) is 0 Å². The van der Waals surface area contributed by atoms with Crippen molar-refractivity contribution in [3.05, 3.63) is 65.4 Å². The first-order chi connectivity index (χ1) is 13.1. The van der Waals surface area contributed by atoms with Gasteiger partial charge in [-0.15, -0.1) is 0 Å². The first-order valence-electron chi connectivity index (χ1n) is 8.50. The zero-order chi connectivity index (χ0) is 19.0. The molecule has 2 heterocycles. The summed E-state index contributed by atoms with van der Waals surface area (Å²) in [6.45, 7) is 2.37. The molecule has 0 saturated carbocycles. The van der Waals surface area contributed by atoms with Gasteiger partial charge in [0, 0.05) is 17.1 Å². The van der Waals surface area contributed by atoms with Gasteiger partial charge in [-0.2, -0.15) is 0 Å². The van der Waals surface area contributed by atoms with Crippen LogP contribution in [0.15, 0.2) is 48.7 Å². The number of nitrogens with zero attached hydrogens (tertiary/aromatic N) is 1. The Morgan fingerprint density at radius 1 is 1.04 bits per heavy atom. The molecule has 3 aromatic rings. The lowest BCUT2D eigenvalue weighted by Gasteiger charge is -2.12. The monoisotopic (exact) mass is 364 g/mol. The predicted octanol–water partition coefficient (Wildman–Crippen LogP) is 2.86. The van der Waals surface area contributed by atoms with Gasteiger partial charge in [0.2, 0.25) is 0 Å². The number of rotatable bonds is 5. The number of imide groups is 1. The zero-order valence-corrected chi connectivity index (χ0v) is 14.5. The number of benzene rings is 2. The van der Waals surface area contributed by atoms with Crippen molar-refractivity contribution in [2.45, 2.75) is 13.3 Å². The number of hydrogen-bond donors (Lipinski definition) is 1. The van der Waals surface area contributed by atoms with Gasteiger partial charge in [-0.05, 0) is 36.8 Å². The van der Waals surface area contributed by atoms with E-state index in [0.717, 1.165) is 10.9 Å². The maximum Gasteiger partial charge on any atom is 0.337 e. The minimum atomic E-state index is -0.711. The Morgan fingerprint density at radius 3 is 2.41 bits per heavy atom. The molecule has 1 N–H and O–H groups in total. The molecule has 1 aliphatic rings. The van der Waals surface area contributed by atoms with E-state index in [1.54, 1.807) is 18.3 Å². The molecular formula is C20H16N2O5. The third kappa shape index (κ3) is 2.83. The maximum atomic E-state index is 12.4. The van der Waals surface area contributed by atoms with E-state index < -0.39 is 17.8 Å². The van der Waals surface area contributed by atoms with Crippen molar-refractivity contribution in [1.82, 2.24) is 10.0 Å². The molecule has 7 nitrogen and oxygen atoms in total. The van der Waals surface area contributed by atoms with Gasteiger partial charge in [0.1, 0.15) is 5.75 Å². The van der Waals surface area contributed by atoms with E-state index in [9.17, 15) is 14.4 Å². The number of fused-ring (bicyclic) bond motifs is 2. The van der Waals surface area contributed by atoms with Gasteiger partial charge in [-0.1, -0.05) is 23.3 Å². The molecule has 0 spiro atoms. The van der Waals surface area contributed by atoms with Crippen LogP contribution >= 0.6 is 0 Å². The van der Waals surface area contributed by atoms with Crippen molar-refractivity contribution in [3.63, 3.8) is 0 Å². The summed E-state index contributed by atoms with van der Waals surface area (Å²) in [5.41, 5.74) is 1.93. The highest BCUT2D eigenvalue weighted by atomic mass is 16.7. The largest absolute Gasteiger partial charge is 0.493 e. The number of hydroxylamine groups is 2. The number of nitrogens with one attached hydrogen (secondary N) is 1. The molecule has 4 rings (SSSR count). The van der Waals surface area contributed by atoms with E-state index in [4.69, 9.17) is 9.57 Å². The van der Waals surface area contributed by atoms with Gasteiger partial charge < -0.3 is 14.6 Å². The first-order valence-corrected chi connectivity index (χ1v) is 8.50. The summed E-state index contributed by atoms with van der Waals surface area (Å²) in [6.07, 6.45) is 1.58. The molecular weight excluding hydrogens is 348 g/mol. The van der Waals surface area contributed by atoms with E-state index in [0.29, 0.717) is 23.0 Å². The number of amides is 2. The lowest BCUT2D eigenvalue weighted by atomic mass is 10.1. The Bertz CT molecular complexity index is 1030. The van der Waals surface area contributed by atoms with E-state index >= 15 is 0 Å². The molecule has 0 bridgehead atoms. The van der Waals surface area contributed by atoms with Gasteiger partial charge in [-0.25, -0.2) is 4.79 Å². The Hall–Kier alpha value is -3.61. The van der Waals surface area contributed by atoms with Gasteiger partial charge in [0.15, 0.2) is 0 Å². The highest BCUT2D eigenvalue weighted by Crippen LogP contribution is 2.30. The smallest absolute Gasteiger partial charge is 0.337 e. The summed E-state index contributed by atoms with van der Waals surface area (Å²) < 4.78 is 5.62. The maximum absolute atomic E-state index is 12.4. The topological polar surface area (TPSA) is 88.7 Å². The fraction of sp³-hybridized carbons (Fsp3) is 0.150. The second kappa shape index (κ2) is 6.60. The summed E-state index contributed by atoms with van der Waals surface area (Å²) in [5, 5.41) is 1.30. The van der Waals surface area contributed by atoms with E-state index in [-0.39, 0.29) is 17.5 Å². The van der Waals surface area contributed by atoms with Crippen LogP contribution in [0.3, 0.4) is 0 Å². The third-order valence-electron chi connectivity index (χ3n) is 4.33. The summed E-state index contributed by atoms with van der Waals surface area (Å²) in [7, 11) is 0. The van der Waals surface area contributed by atoms with Crippen molar-refractivity contribution in [3.8, 4) is 5.75 Å². The lowest BCUT2D eigenvalue weighted by Crippen LogP contribution is -2.33. The molecule has 27 heavy (non-hydrogen) atoms. The highest BCUT2D eigenvalue weighted by Gasteiger charge is 2.38. The van der Waals surface area contributed by atoms with Crippen LogP contribution in [-0.2, 0) is 16.1 Å². The van der Waals surface area contributed by atoms with Gasteiger partial charge in [-0.3, -0.25) is 9.59 Å². The van der Waals surface area contributed by atoms with Crippen LogP contribution in [-0.4, -0.2) is 34.4 Å². The summed E-state index contributed by atoms with van der Waals surface area (Å²) in [5.74, 6) is -1.34. The Balaban J connectivity index is 1.55. The van der Waals surface area contributed by atoms with Crippen LogP contribution < -0.4 is 4.74 Å². The fourth-order valence-electron chi connectivity index (χ4n) is 3.17. The second-order valence-corrected chi connectivity index (χ2v) is 6.02. The Morgan fingerprint density at radius 2 is 1.74 bits per heavy atom. The average molecular weight is 364 g/mol. The van der Waals surface area contributed by atoms with E-state index in [1.165, 1.54) is 12.1 Å². The average Bonchev–Trinajstić information content (AvgIpc) is 3.18. The molecule has 0 fully saturated rings. The number of H-pyrrole nitrogens is 1. The Labute approximate surface area is 154 Å². The molecule has 0 saturated heterocycles. The molecule has 1 aromatic heterocycles. The van der Waals surface area contributed by atoms with Crippen LogP contribution in [0.25, 0.3) is 10.9 Å². The van der Waals surface area contributed by atoms with Crippen LogP contribution in [0.5, 0.6) is 5.75 Å². The molecule has 2 aromatic carbocycles. The molecule has 0 radical (unpaired) electrons. The van der Waals surface area contributed by atoms with Crippen molar-refractivity contribution < 1.29 is 24.0 Å². The van der Waals surface area contributed by atoms with Crippen LogP contribution in [0.1, 0.15) is 33.2 Å². The quantitative estimate of drug-likeness (QED) is 0.703. The normalized spacial score (nSPS) is 13.1. The number of hydrogen-bond acceptors (Lipinski definition) is 5. The third-order valence-corrected chi connectivity index (χ3v) is 4.33. The minimum absolute atomic E-state index is 0.114. The standard InChI is InChI=1S/C20H16N2O5/c1-2-26-16-9-5-8-15-18(16)12(11-21-15)10-17(23)27-22-19(24)13-6-3-4-7-14(13)20(22)25/h3-9,11,21H,2,10H2,1H3. The van der Waals surface area contributed by atoms with Gasteiger partial charge in [0.05, 0.1) is 24.2 Å². The van der Waals surface area contributed by atoms with Crippen molar-refractivity contribution in [2.75, 3.05) is 6.61 Å². The summed E-state index contributed by atoms with van der Waals surface area (Å²) >= 11 is 0. The molecule has 1 aliphatic heterocycles. The predicted molar refractivity (Wildman–Crippen MR) is 96.2 cm³/mol. The van der Waals surface area contributed by atoms with Crippen molar-refractivity contribution in [1.29, 1.82) is 0 Å². The molecule has 136 valence electrons. The minimum Gasteiger partial charge on any atom is -0.493 e. The van der Waals surface area contributed by atoms with Crippen LogP contribution in [0.4, 0.5) is 0 Å². The number of ether oxygens (including phenoxy) is 1. The van der Waals surface area contributed by atoms with E-state index in [2.05, 4.69) is 4.98 Å². The number of carbonyl (C=O) groups excluding carboxylic acids is 3. The first kappa shape index (κ1) is 16.8. The zero-order valence-electron chi connectivity index (χ0n) is 14.5. The van der Waals surface area contributed by atoms with Gasteiger partial charge >= 0.3 is 5.97 Å². The molecule has 0 aliphatic carbocycles. The number of aromatic nitrogens is 1. The fourth-order valence-corrected chi connectivity index (χ4v) is 3.17. The molecule has 7 heteroatoms. The Kier molecular flexibility index (Phi) is 4.12. The molecule has 0 atom stereocenters. The van der Waals surface area contributed by atoms with Crippen LogP contribution in [0, 0.1) is 0 Å². The number of carbonyl (C=O) groups is 3. The number of aromatic amines is 1. The van der Waals surface area contributed by atoms with Crippen LogP contribution in [0.2, 0.25) is 0 Å². The molecule has 0 unspecified atom stereocenters. The van der Waals surface area contributed by atoms with E-state index in [1.807, 2.05) is 25.1 Å². The summed E-state index contributed by atoms with van der Waals surface area (Å²) in [4.78, 5) is 45.2. The second-order valence-electron chi connectivity index (χ2n) is 6.02.